The number of benzene rings is 2. The fourth-order valence-electron chi connectivity index (χ4n) is 4.82. The summed E-state index contributed by atoms with van der Waals surface area (Å²) in [4.78, 5) is 9.73. The lowest BCUT2D eigenvalue weighted by Crippen LogP contribution is -2.48. The highest BCUT2D eigenvalue weighted by Gasteiger charge is 2.24. The number of hydrogen-bond acceptors (Lipinski definition) is 4. The molecule has 2 aliphatic rings. The Morgan fingerprint density at radius 3 is 2.40 bits per heavy atom. The summed E-state index contributed by atoms with van der Waals surface area (Å²) in [6, 6.07) is 14.4. The molecule has 0 aliphatic carbocycles. The molecule has 1 fully saturated rings. The van der Waals surface area contributed by atoms with Gasteiger partial charge in [0.25, 0.3) is 0 Å². The lowest BCUT2D eigenvalue weighted by Gasteiger charge is -2.37. The van der Waals surface area contributed by atoms with Gasteiger partial charge in [0, 0.05) is 57.1 Å². The van der Waals surface area contributed by atoms with Gasteiger partial charge in [-0.15, -0.1) is 0 Å². The maximum absolute atomic E-state index is 14.6. The van der Waals surface area contributed by atoms with Gasteiger partial charge in [-0.2, -0.15) is 0 Å². The predicted octanol–water partition coefficient (Wildman–Crippen LogP) is 5.68. The Bertz CT molecular complexity index is 1030. The van der Waals surface area contributed by atoms with Gasteiger partial charge in [-0.3, -0.25) is 9.89 Å². The second-order valence-corrected chi connectivity index (χ2v) is 9.82. The van der Waals surface area contributed by atoms with Crippen molar-refractivity contribution in [3.63, 3.8) is 0 Å². The van der Waals surface area contributed by atoms with Crippen molar-refractivity contribution in [1.29, 1.82) is 0 Å². The quantitative estimate of drug-likeness (QED) is 0.496. The molecule has 190 valence electrons. The molecule has 2 heterocycles. The van der Waals surface area contributed by atoms with E-state index in [-0.39, 0.29) is 0 Å². The molecule has 2 aliphatic heterocycles. The van der Waals surface area contributed by atoms with E-state index in [1.807, 2.05) is 38.1 Å². The third-order valence-corrected chi connectivity index (χ3v) is 6.66. The van der Waals surface area contributed by atoms with Crippen LogP contribution < -0.4 is 10.2 Å². The standard InChI is InChI=1S/C28H37FN4.C2H6/c1-21-9-10-27(22(2)17-21)33-15-13-32(14-16-33)12-11-30-19-23-18-26(31-20-23)24-7-5-6-8-25(24)28(3,4)29;1-2/h5-10,17-18,30H,11-16,19-20H2,1-4H3;1-2H3. The number of aliphatic imine (C=N–C) groups is 1. The molecule has 0 unspecified atom stereocenters. The predicted molar refractivity (Wildman–Crippen MR) is 149 cm³/mol. The minimum atomic E-state index is -1.38. The lowest BCUT2D eigenvalue weighted by atomic mass is 9.92. The van der Waals surface area contributed by atoms with E-state index in [9.17, 15) is 4.39 Å². The normalized spacial score (nSPS) is 16.5. The fourth-order valence-corrected chi connectivity index (χ4v) is 4.82. The van der Waals surface area contributed by atoms with E-state index in [2.05, 4.69) is 58.2 Å². The highest BCUT2D eigenvalue weighted by atomic mass is 19.1. The zero-order chi connectivity index (χ0) is 25.4. The van der Waals surface area contributed by atoms with Crippen molar-refractivity contribution >= 4 is 11.4 Å². The van der Waals surface area contributed by atoms with Crippen molar-refractivity contribution in [2.75, 3.05) is 57.3 Å². The van der Waals surface area contributed by atoms with Gasteiger partial charge in [0.1, 0.15) is 5.67 Å². The number of alkyl halides is 1. The van der Waals surface area contributed by atoms with Gasteiger partial charge in [0.05, 0.1) is 12.3 Å². The first-order valence-electron chi connectivity index (χ1n) is 13.1. The van der Waals surface area contributed by atoms with Gasteiger partial charge < -0.3 is 10.2 Å². The van der Waals surface area contributed by atoms with Crippen LogP contribution >= 0.6 is 0 Å². The zero-order valence-electron chi connectivity index (χ0n) is 22.5. The van der Waals surface area contributed by atoms with Crippen molar-refractivity contribution in [2.24, 2.45) is 4.99 Å². The average molecular weight is 479 g/mol. The Balaban J connectivity index is 0.00000167. The third kappa shape index (κ3) is 7.25. The van der Waals surface area contributed by atoms with E-state index < -0.39 is 5.67 Å². The Morgan fingerprint density at radius 2 is 1.71 bits per heavy atom. The molecule has 2 aromatic rings. The first-order chi connectivity index (χ1) is 16.8. The molecular formula is C30H43FN4. The van der Waals surface area contributed by atoms with Crippen LogP contribution in [0, 0.1) is 13.8 Å². The molecule has 2 aromatic carbocycles. The molecule has 0 bridgehead atoms. The summed E-state index contributed by atoms with van der Waals surface area (Å²) in [6.45, 7) is 19.5. The summed E-state index contributed by atoms with van der Waals surface area (Å²) < 4.78 is 14.6. The average Bonchev–Trinajstić information content (AvgIpc) is 3.32. The maximum Gasteiger partial charge on any atom is 0.131 e. The number of rotatable bonds is 8. The summed E-state index contributed by atoms with van der Waals surface area (Å²) in [7, 11) is 0. The van der Waals surface area contributed by atoms with E-state index in [1.54, 1.807) is 13.8 Å². The molecule has 35 heavy (non-hydrogen) atoms. The van der Waals surface area contributed by atoms with Gasteiger partial charge in [-0.25, -0.2) is 4.39 Å². The van der Waals surface area contributed by atoms with Crippen molar-refractivity contribution in [3.05, 3.63) is 76.4 Å². The molecule has 0 aromatic heterocycles. The molecule has 0 amide bonds. The Kier molecular flexibility index (Phi) is 9.64. The van der Waals surface area contributed by atoms with Crippen molar-refractivity contribution in [1.82, 2.24) is 10.2 Å². The maximum atomic E-state index is 14.6. The highest BCUT2D eigenvalue weighted by molar-refractivity contribution is 6.11. The van der Waals surface area contributed by atoms with E-state index in [1.165, 1.54) is 22.4 Å². The van der Waals surface area contributed by atoms with Crippen molar-refractivity contribution in [3.8, 4) is 0 Å². The second kappa shape index (κ2) is 12.5. The van der Waals surface area contributed by atoms with E-state index in [0.717, 1.165) is 57.1 Å². The minimum absolute atomic E-state index is 0.692. The van der Waals surface area contributed by atoms with Gasteiger partial charge in [-0.1, -0.05) is 55.8 Å². The summed E-state index contributed by atoms with van der Waals surface area (Å²) >= 11 is 0. The highest BCUT2D eigenvalue weighted by Crippen LogP contribution is 2.29. The first kappa shape index (κ1) is 27.1. The number of piperazine rings is 1. The monoisotopic (exact) mass is 478 g/mol. The third-order valence-electron chi connectivity index (χ3n) is 6.66. The number of anilines is 1. The Labute approximate surface area is 211 Å². The number of halogens is 1. The van der Waals surface area contributed by atoms with Gasteiger partial charge in [0.15, 0.2) is 0 Å². The molecule has 1 saturated heterocycles. The van der Waals surface area contributed by atoms with Crippen LogP contribution in [0.25, 0.3) is 0 Å². The number of aryl methyl sites for hydroxylation is 2. The van der Waals surface area contributed by atoms with E-state index in [4.69, 9.17) is 0 Å². The van der Waals surface area contributed by atoms with Crippen LogP contribution in [0.5, 0.6) is 0 Å². The van der Waals surface area contributed by atoms with Crippen LogP contribution in [0.4, 0.5) is 10.1 Å². The van der Waals surface area contributed by atoms with E-state index in [0.29, 0.717) is 12.1 Å². The Hall–Kier alpha value is -2.50. The second-order valence-electron chi connectivity index (χ2n) is 9.82. The molecule has 0 atom stereocenters. The van der Waals surface area contributed by atoms with Crippen LogP contribution in [0.15, 0.2) is 59.1 Å². The van der Waals surface area contributed by atoms with Crippen LogP contribution in [0.3, 0.4) is 0 Å². The molecule has 1 N–H and O–H groups in total. The minimum Gasteiger partial charge on any atom is -0.369 e. The smallest absolute Gasteiger partial charge is 0.131 e. The largest absolute Gasteiger partial charge is 0.369 e. The van der Waals surface area contributed by atoms with Crippen LogP contribution in [0.2, 0.25) is 0 Å². The van der Waals surface area contributed by atoms with Crippen LogP contribution in [-0.4, -0.2) is 63.0 Å². The Morgan fingerprint density at radius 1 is 1.00 bits per heavy atom. The van der Waals surface area contributed by atoms with Crippen molar-refractivity contribution < 1.29 is 4.39 Å². The van der Waals surface area contributed by atoms with Crippen LogP contribution in [-0.2, 0) is 5.67 Å². The SMILES string of the molecule is CC.Cc1ccc(N2CCN(CCNCC3=CC(c4ccccc4C(C)(C)F)=NC3)CC2)c(C)c1. The number of nitrogens with one attached hydrogen (secondary N) is 1. The molecular weight excluding hydrogens is 435 g/mol. The summed E-state index contributed by atoms with van der Waals surface area (Å²) in [6.07, 6.45) is 2.13. The summed E-state index contributed by atoms with van der Waals surface area (Å²) in [5.74, 6) is 0. The molecule has 4 nitrogen and oxygen atoms in total. The molecule has 0 radical (unpaired) electrons. The molecule has 0 spiro atoms. The summed E-state index contributed by atoms with van der Waals surface area (Å²) in [5.41, 5.74) is 6.46. The molecule has 0 saturated carbocycles. The number of hydrogen-bond donors (Lipinski definition) is 1. The first-order valence-corrected chi connectivity index (χ1v) is 13.1. The van der Waals surface area contributed by atoms with Crippen LogP contribution in [0.1, 0.15) is 49.9 Å². The fraction of sp³-hybridized carbons (Fsp3) is 0.500. The molecule has 4 rings (SSSR count). The zero-order valence-corrected chi connectivity index (χ0v) is 22.5. The number of nitrogens with zero attached hydrogens (tertiary/aromatic N) is 3. The molecule has 5 heteroatoms. The van der Waals surface area contributed by atoms with Gasteiger partial charge in [-0.05, 0) is 56.5 Å². The van der Waals surface area contributed by atoms with Gasteiger partial charge in [0.2, 0.25) is 0 Å². The van der Waals surface area contributed by atoms with E-state index >= 15 is 0 Å². The summed E-state index contributed by atoms with van der Waals surface area (Å²) in [5, 5.41) is 3.58. The van der Waals surface area contributed by atoms with Crippen molar-refractivity contribution in [2.45, 2.75) is 47.2 Å². The topological polar surface area (TPSA) is 30.9 Å². The number of allylic oxidation sites excluding steroid dienone is 1. The lowest BCUT2D eigenvalue weighted by molar-refractivity contribution is 0.221. The van der Waals surface area contributed by atoms with Gasteiger partial charge >= 0.3 is 0 Å².